The second kappa shape index (κ2) is 13.7. The quantitative estimate of drug-likeness (QED) is 0.227. The van der Waals surface area contributed by atoms with Crippen LogP contribution in [-0.4, -0.2) is 57.4 Å². The van der Waals surface area contributed by atoms with Crippen molar-refractivity contribution in [3.63, 3.8) is 0 Å². The maximum absolute atomic E-state index is 13.6. The first-order valence-electron chi connectivity index (χ1n) is 14.6. The molecule has 0 fully saturated rings. The summed E-state index contributed by atoms with van der Waals surface area (Å²) >= 11 is 0. The van der Waals surface area contributed by atoms with Crippen molar-refractivity contribution in [2.45, 2.75) is 70.5 Å². The third kappa shape index (κ3) is 8.70. The van der Waals surface area contributed by atoms with Crippen LogP contribution in [0.3, 0.4) is 0 Å². The van der Waals surface area contributed by atoms with E-state index in [-0.39, 0.29) is 22.8 Å². The Morgan fingerprint density at radius 3 is 2.20 bits per heavy atom. The summed E-state index contributed by atoms with van der Waals surface area (Å²) in [6.07, 6.45) is 1.81. The average Bonchev–Trinajstić information content (AvgIpc) is 2.99. The van der Waals surface area contributed by atoms with E-state index in [1.54, 1.807) is 65.8 Å². The van der Waals surface area contributed by atoms with Crippen LogP contribution in [0.1, 0.15) is 59.0 Å². The number of hydrogen-bond acceptors (Lipinski definition) is 9. The number of benzene rings is 1. The lowest BCUT2D eigenvalue weighted by Gasteiger charge is -2.37. The summed E-state index contributed by atoms with van der Waals surface area (Å²) < 4.78 is 35.3. The van der Waals surface area contributed by atoms with Gasteiger partial charge in [-0.2, -0.15) is 10.2 Å². The van der Waals surface area contributed by atoms with Crippen LogP contribution in [0.4, 0.5) is 10.6 Å². The molecular formula is C33H38N6O6S. The van der Waals surface area contributed by atoms with Crippen LogP contribution in [0.15, 0.2) is 90.1 Å². The highest BCUT2D eigenvalue weighted by Gasteiger charge is 2.43. The Kier molecular flexibility index (Phi) is 10.2. The van der Waals surface area contributed by atoms with Crippen molar-refractivity contribution in [2.75, 3.05) is 4.90 Å². The Morgan fingerprint density at radius 1 is 0.913 bits per heavy atom. The number of ether oxygens (including phenoxy) is 1. The maximum atomic E-state index is 13.6. The first-order chi connectivity index (χ1) is 21.5. The number of pyridine rings is 2. The molecule has 0 spiro atoms. The van der Waals surface area contributed by atoms with Crippen molar-refractivity contribution in [2.24, 2.45) is 5.41 Å². The minimum absolute atomic E-state index is 0.0230. The SMILES string of the molecule is CC(C)(C)OC(=O)N(c1cccc(C(Cc2ccc(-c3ccccc3)nn2)NS(=O)(=O)c2cccnc2)n1)C(C(=O)O)C(C)(C)C. The lowest BCUT2D eigenvalue weighted by atomic mass is 9.85. The molecular weight excluding hydrogens is 608 g/mol. The Balaban J connectivity index is 1.79. The van der Waals surface area contributed by atoms with Gasteiger partial charge < -0.3 is 9.84 Å². The van der Waals surface area contributed by atoms with Crippen molar-refractivity contribution >= 4 is 27.9 Å². The molecule has 12 nitrogen and oxygen atoms in total. The summed E-state index contributed by atoms with van der Waals surface area (Å²) in [5, 5.41) is 18.9. The van der Waals surface area contributed by atoms with Crippen LogP contribution in [0.25, 0.3) is 11.3 Å². The molecule has 0 aliphatic rings. The van der Waals surface area contributed by atoms with E-state index in [9.17, 15) is 23.1 Å². The molecule has 2 N–H and O–H groups in total. The number of carbonyl (C=O) groups is 2. The molecule has 4 rings (SSSR count). The van der Waals surface area contributed by atoms with Gasteiger partial charge >= 0.3 is 12.1 Å². The van der Waals surface area contributed by atoms with Gasteiger partial charge in [0.25, 0.3) is 0 Å². The fourth-order valence-electron chi connectivity index (χ4n) is 4.69. The van der Waals surface area contributed by atoms with Gasteiger partial charge in [0.05, 0.1) is 23.1 Å². The molecule has 0 aliphatic carbocycles. The molecule has 4 aromatic rings. The second-order valence-electron chi connectivity index (χ2n) is 12.7. The molecule has 2 unspecified atom stereocenters. The van der Waals surface area contributed by atoms with E-state index >= 15 is 0 Å². The van der Waals surface area contributed by atoms with E-state index in [4.69, 9.17) is 4.74 Å². The standard InChI is InChI=1S/C33H38N6O6S/c1-32(2,3)29(30(40)41)39(31(42)45-33(4,5)6)28-16-10-15-26(35-28)27(38-46(43,44)24-14-11-19-34-21-24)20-23-17-18-25(37-36-23)22-12-8-7-9-13-22/h7-19,21,27,29,38H,20H2,1-6H3,(H,40,41). The lowest BCUT2D eigenvalue weighted by molar-refractivity contribution is -0.141. The minimum atomic E-state index is -4.11. The number of nitrogens with one attached hydrogen (secondary N) is 1. The molecule has 0 saturated heterocycles. The zero-order valence-electron chi connectivity index (χ0n) is 26.6. The molecule has 46 heavy (non-hydrogen) atoms. The third-order valence-electron chi connectivity index (χ3n) is 6.71. The lowest BCUT2D eigenvalue weighted by Crippen LogP contribution is -2.54. The summed E-state index contributed by atoms with van der Waals surface area (Å²) in [5.74, 6) is -1.28. The van der Waals surface area contributed by atoms with Crippen molar-refractivity contribution in [3.05, 3.63) is 96.6 Å². The molecule has 0 saturated carbocycles. The van der Waals surface area contributed by atoms with E-state index in [2.05, 4.69) is 24.9 Å². The summed E-state index contributed by atoms with van der Waals surface area (Å²) in [7, 11) is -4.11. The maximum Gasteiger partial charge on any atom is 0.416 e. The molecule has 0 aliphatic heterocycles. The van der Waals surface area contributed by atoms with E-state index < -0.39 is 45.2 Å². The Labute approximate surface area is 268 Å². The van der Waals surface area contributed by atoms with Gasteiger partial charge in [0.1, 0.15) is 22.4 Å². The number of aromatic nitrogens is 4. The minimum Gasteiger partial charge on any atom is -0.480 e. The third-order valence-corrected chi connectivity index (χ3v) is 8.16. The number of rotatable bonds is 10. The predicted molar refractivity (Wildman–Crippen MR) is 172 cm³/mol. The summed E-state index contributed by atoms with van der Waals surface area (Å²) in [6.45, 7) is 10.1. The monoisotopic (exact) mass is 646 g/mol. The van der Waals surface area contributed by atoms with Gasteiger partial charge in [0, 0.05) is 24.4 Å². The molecule has 13 heteroatoms. The number of anilines is 1. The van der Waals surface area contributed by atoms with E-state index in [0.717, 1.165) is 10.5 Å². The number of amides is 1. The Hall–Kier alpha value is -4.75. The largest absolute Gasteiger partial charge is 0.480 e. The van der Waals surface area contributed by atoms with Gasteiger partial charge in [-0.05, 0) is 62.6 Å². The summed E-state index contributed by atoms with van der Waals surface area (Å²) in [5.41, 5.74) is 0.335. The van der Waals surface area contributed by atoms with Crippen molar-refractivity contribution < 1.29 is 27.9 Å². The Morgan fingerprint density at radius 2 is 1.63 bits per heavy atom. The van der Waals surface area contributed by atoms with Gasteiger partial charge in [0.15, 0.2) is 0 Å². The normalized spacial score (nSPS) is 13.4. The van der Waals surface area contributed by atoms with Crippen LogP contribution in [-0.2, 0) is 26.0 Å². The highest BCUT2D eigenvalue weighted by Crippen LogP contribution is 2.31. The van der Waals surface area contributed by atoms with E-state index in [0.29, 0.717) is 11.4 Å². The van der Waals surface area contributed by atoms with Crippen molar-refractivity contribution in [1.29, 1.82) is 0 Å². The Bertz CT molecular complexity index is 1760. The van der Waals surface area contributed by atoms with Gasteiger partial charge in [-0.3, -0.25) is 4.98 Å². The molecule has 0 bridgehead atoms. The summed E-state index contributed by atoms with van der Waals surface area (Å²) in [6, 6.07) is 18.2. The van der Waals surface area contributed by atoms with E-state index in [1.807, 2.05) is 30.3 Å². The fraction of sp³-hybridized carbons (Fsp3) is 0.333. The van der Waals surface area contributed by atoms with Gasteiger partial charge in [0.2, 0.25) is 10.0 Å². The first-order valence-corrected chi connectivity index (χ1v) is 16.1. The first kappa shape index (κ1) is 34.1. The second-order valence-corrected chi connectivity index (χ2v) is 14.4. The molecule has 3 aromatic heterocycles. The topological polar surface area (TPSA) is 165 Å². The van der Waals surface area contributed by atoms with Crippen LogP contribution in [0.2, 0.25) is 0 Å². The molecule has 3 heterocycles. The number of aliphatic carboxylic acids is 1. The average molecular weight is 647 g/mol. The summed E-state index contributed by atoms with van der Waals surface area (Å²) in [4.78, 5) is 35.6. The fourth-order valence-corrected chi connectivity index (χ4v) is 5.86. The van der Waals surface area contributed by atoms with Crippen molar-refractivity contribution in [3.8, 4) is 11.3 Å². The highest BCUT2D eigenvalue weighted by atomic mass is 32.2. The molecule has 2 atom stereocenters. The molecule has 0 radical (unpaired) electrons. The zero-order chi connectivity index (χ0) is 33.7. The smallest absolute Gasteiger partial charge is 0.416 e. The number of carboxylic acid groups (broad SMARTS) is 1. The van der Waals surface area contributed by atoms with Crippen LogP contribution >= 0.6 is 0 Å². The number of sulfonamides is 1. The number of carbonyl (C=O) groups excluding carboxylic acids is 1. The van der Waals surface area contributed by atoms with Crippen LogP contribution in [0, 0.1) is 5.41 Å². The molecule has 242 valence electrons. The molecule has 1 aromatic carbocycles. The van der Waals surface area contributed by atoms with Crippen molar-refractivity contribution in [1.82, 2.24) is 24.9 Å². The predicted octanol–water partition coefficient (Wildman–Crippen LogP) is 5.44. The van der Waals surface area contributed by atoms with Gasteiger partial charge in [-0.25, -0.2) is 32.6 Å². The number of hydrogen-bond donors (Lipinski definition) is 2. The van der Waals surface area contributed by atoms with Gasteiger partial charge in [-0.1, -0.05) is 57.2 Å². The highest BCUT2D eigenvalue weighted by molar-refractivity contribution is 7.89. The van der Waals surface area contributed by atoms with Crippen LogP contribution < -0.4 is 9.62 Å². The number of carboxylic acids is 1. The number of nitrogens with zero attached hydrogens (tertiary/aromatic N) is 5. The van der Waals surface area contributed by atoms with Crippen LogP contribution in [0.5, 0.6) is 0 Å². The zero-order valence-corrected chi connectivity index (χ0v) is 27.4. The van der Waals surface area contributed by atoms with E-state index in [1.165, 1.54) is 30.6 Å². The molecule has 1 amide bonds. The van der Waals surface area contributed by atoms with Gasteiger partial charge in [-0.15, -0.1) is 0 Å².